The molecule has 1 amide bonds. The molecular weight excluding hydrogens is 330 g/mol. The number of benzene rings is 1. The lowest BCUT2D eigenvalue weighted by atomic mass is 10.0. The Balaban J connectivity index is 1.65. The SMILES string of the molecule is Cc1nnc2n1[C@H](Cc1ccccc1)CN(C(=O)c1ncccc1O)C2. The van der Waals surface area contributed by atoms with E-state index >= 15 is 0 Å². The highest BCUT2D eigenvalue weighted by molar-refractivity contribution is 5.94. The van der Waals surface area contributed by atoms with Gasteiger partial charge in [0, 0.05) is 12.7 Å². The molecule has 3 aromatic rings. The van der Waals surface area contributed by atoms with Crippen molar-refractivity contribution < 1.29 is 9.90 Å². The van der Waals surface area contributed by atoms with Gasteiger partial charge in [0.2, 0.25) is 0 Å². The largest absolute Gasteiger partial charge is 0.505 e. The van der Waals surface area contributed by atoms with E-state index in [0.717, 1.165) is 18.1 Å². The topological polar surface area (TPSA) is 84.1 Å². The van der Waals surface area contributed by atoms with Crippen LogP contribution in [0.3, 0.4) is 0 Å². The van der Waals surface area contributed by atoms with Gasteiger partial charge in [0.05, 0.1) is 12.6 Å². The maximum absolute atomic E-state index is 12.9. The van der Waals surface area contributed by atoms with Crippen LogP contribution in [0.5, 0.6) is 5.75 Å². The predicted molar refractivity (Wildman–Crippen MR) is 94.6 cm³/mol. The molecule has 1 atom stereocenters. The van der Waals surface area contributed by atoms with Crippen LogP contribution in [-0.2, 0) is 13.0 Å². The Morgan fingerprint density at radius 3 is 2.77 bits per heavy atom. The average molecular weight is 349 g/mol. The fourth-order valence-corrected chi connectivity index (χ4v) is 3.48. The number of aryl methyl sites for hydroxylation is 1. The molecule has 0 spiro atoms. The molecule has 0 fully saturated rings. The quantitative estimate of drug-likeness (QED) is 0.783. The molecule has 1 aliphatic heterocycles. The summed E-state index contributed by atoms with van der Waals surface area (Å²) in [7, 11) is 0. The summed E-state index contributed by atoms with van der Waals surface area (Å²) < 4.78 is 2.11. The van der Waals surface area contributed by atoms with Gasteiger partial charge in [-0.15, -0.1) is 10.2 Å². The van der Waals surface area contributed by atoms with Crippen LogP contribution in [0, 0.1) is 6.92 Å². The highest BCUT2D eigenvalue weighted by atomic mass is 16.3. The van der Waals surface area contributed by atoms with E-state index in [1.54, 1.807) is 11.0 Å². The second-order valence-electron chi connectivity index (χ2n) is 6.43. The molecule has 2 aromatic heterocycles. The van der Waals surface area contributed by atoms with Crippen molar-refractivity contribution in [3.8, 4) is 5.75 Å². The van der Waals surface area contributed by atoms with Crippen LogP contribution >= 0.6 is 0 Å². The minimum atomic E-state index is -0.298. The molecule has 0 radical (unpaired) electrons. The normalized spacial score (nSPS) is 16.3. The third-order valence-electron chi connectivity index (χ3n) is 4.66. The Morgan fingerprint density at radius 1 is 1.19 bits per heavy atom. The molecule has 1 aromatic carbocycles. The molecule has 0 saturated heterocycles. The third kappa shape index (κ3) is 2.92. The predicted octanol–water partition coefficient (Wildman–Crippen LogP) is 2.13. The summed E-state index contributed by atoms with van der Waals surface area (Å²) >= 11 is 0. The number of nitrogens with zero attached hydrogens (tertiary/aromatic N) is 5. The zero-order valence-corrected chi connectivity index (χ0v) is 14.4. The second-order valence-corrected chi connectivity index (χ2v) is 6.43. The first kappa shape index (κ1) is 16.3. The maximum Gasteiger partial charge on any atom is 0.276 e. The number of pyridine rings is 1. The van der Waals surface area contributed by atoms with Gasteiger partial charge in [0.1, 0.15) is 11.6 Å². The minimum absolute atomic E-state index is 0.0333. The van der Waals surface area contributed by atoms with Crippen molar-refractivity contribution in [3.63, 3.8) is 0 Å². The number of hydrogen-bond acceptors (Lipinski definition) is 5. The Labute approximate surface area is 150 Å². The molecule has 7 heteroatoms. The first-order chi connectivity index (χ1) is 12.6. The number of amides is 1. The zero-order valence-electron chi connectivity index (χ0n) is 14.4. The smallest absolute Gasteiger partial charge is 0.276 e. The second kappa shape index (κ2) is 6.59. The van der Waals surface area contributed by atoms with Crippen molar-refractivity contribution >= 4 is 5.91 Å². The standard InChI is InChI=1S/C19H19N5O2/c1-13-21-22-17-12-23(19(26)18-16(25)8-5-9-20-18)11-15(24(13)17)10-14-6-3-2-4-7-14/h2-9,15,25H,10-12H2,1H3/t15-/m1/s1. The van der Waals surface area contributed by atoms with E-state index in [1.165, 1.54) is 17.8 Å². The highest BCUT2D eigenvalue weighted by Gasteiger charge is 2.32. The Kier molecular flexibility index (Phi) is 4.12. The van der Waals surface area contributed by atoms with Crippen LogP contribution in [0.15, 0.2) is 48.7 Å². The molecule has 0 unspecified atom stereocenters. The van der Waals surface area contributed by atoms with Crippen molar-refractivity contribution in [2.24, 2.45) is 0 Å². The fraction of sp³-hybridized carbons (Fsp3) is 0.263. The summed E-state index contributed by atoms with van der Waals surface area (Å²) in [5.74, 6) is 1.18. The number of carbonyl (C=O) groups excluding carboxylic acids is 1. The molecule has 0 saturated carbocycles. The van der Waals surface area contributed by atoms with E-state index in [9.17, 15) is 9.90 Å². The van der Waals surface area contributed by atoms with E-state index in [1.807, 2.05) is 25.1 Å². The Hall–Kier alpha value is -3.22. The van der Waals surface area contributed by atoms with E-state index in [-0.39, 0.29) is 23.4 Å². The lowest BCUT2D eigenvalue weighted by Gasteiger charge is -2.34. The summed E-state index contributed by atoms with van der Waals surface area (Å²) in [5.41, 5.74) is 1.25. The van der Waals surface area contributed by atoms with Gasteiger partial charge in [-0.2, -0.15) is 0 Å². The van der Waals surface area contributed by atoms with Gasteiger partial charge < -0.3 is 14.6 Å². The van der Waals surface area contributed by atoms with Crippen LogP contribution < -0.4 is 0 Å². The summed E-state index contributed by atoms with van der Waals surface area (Å²) in [6.07, 6.45) is 2.27. The first-order valence-corrected chi connectivity index (χ1v) is 8.51. The zero-order chi connectivity index (χ0) is 18.1. The molecule has 4 rings (SSSR count). The number of fused-ring (bicyclic) bond motifs is 1. The van der Waals surface area contributed by atoms with Gasteiger partial charge in [-0.1, -0.05) is 30.3 Å². The van der Waals surface area contributed by atoms with Gasteiger partial charge in [-0.05, 0) is 31.0 Å². The van der Waals surface area contributed by atoms with Gasteiger partial charge in [0.15, 0.2) is 11.5 Å². The monoisotopic (exact) mass is 349 g/mol. The van der Waals surface area contributed by atoms with Gasteiger partial charge in [-0.3, -0.25) is 4.79 Å². The minimum Gasteiger partial charge on any atom is -0.505 e. The average Bonchev–Trinajstić information content (AvgIpc) is 3.04. The van der Waals surface area contributed by atoms with E-state index in [0.29, 0.717) is 13.1 Å². The van der Waals surface area contributed by atoms with Crippen molar-refractivity contribution in [3.05, 3.63) is 71.6 Å². The van der Waals surface area contributed by atoms with Crippen molar-refractivity contribution in [2.45, 2.75) is 25.9 Å². The van der Waals surface area contributed by atoms with Gasteiger partial charge in [-0.25, -0.2) is 4.98 Å². The van der Waals surface area contributed by atoms with Crippen LogP contribution in [0.2, 0.25) is 0 Å². The molecule has 3 heterocycles. The summed E-state index contributed by atoms with van der Waals surface area (Å²) in [4.78, 5) is 18.6. The molecular formula is C19H19N5O2. The van der Waals surface area contributed by atoms with Crippen LogP contribution in [0.1, 0.15) is 33.7 Å². The van der Waals surface area contributed by atoms with E-state index in [2.05, 4.69) is 31.9 Å². The molecule has 0 bridgehead atoms. The Bertz CT molecular complexity index is 938. The maximum atomic E-state index is 12.9. The third-order valence-corrected chi connectivity index (χ3v) is 4.66. The number of carbonyl (C=O) groups is 1. The summed E-state index contributed by atoms with van der Waals surface area (Å²) in [5, 5.41) is 18.4. The molecule has 0 aliphatic carbocycles. The van der Waals surface area contributed by atoms with Crippen molar-refractivity contribution in [2.75, 3.05) is 6.54 Å². The molecule has 132 valence electrons. The van der Waals surface area contributed by atoms with E-state index in [4.69, 9.17) is 0 Å². The van der Waals surface area contributed by atoms with E-state index < -0.39 is 0 Å². The van der Waals surface area contributed by atoms with Crippen molar-refractivity contribution in [1.82, 2.24) is 24.6 Å². The van der Waals surface area contributed by atoms with Crippen LogP contribution in [-0.4, -0.2) is 42.2 Å². The summed E-state index contributed by atoms with van der Waals surface area (Å²) in [6, 6.07) is 13.2. The molecule has 7 nitrogen and oxygen atoms in total. The highest BCUT2D eigenvalue weighted by Crippen LogP contribution is 2.27. The van der Waals surface area contributed by atoms with Gasteiger partial charge in [0.25, 0.3) is 5.91 Å². The number of aromatic nitrogens is 4. The molecule has 1 N–H and O–H groups in total. The summed E-state index contributed by atoms with van der Waals surface area (Å²) in [6.45, 7) is 2.78. The Morgan fingerprint density at radius 2 is 2.00 bits per heavy atom. The van der Waals surface area contributed by atoms with Crippen molar-refractivity contribution in [1.29, 1.82) is 0 Å². The van der Waals surface area contributed by atoms with Crippen LogP contribution in [0.25, 0.3) is 0 Å². The number of rotatable bonds is 3. The molecule has 26 heavy (non-hydrogen) atoms. The van der Waals surface area contributed by atoms with Gasteiger partial charge >= 0.3 is 0 Å². The lowest BCUT2D eigenvalue weighted by Crippen LogP contribution is -2.42. The fourth-order valence-electron chi connectivity index (χ4n) is 3.48. The molecule has 1 aliphatic rings. The first-order valence-electron chi connectivity index (χ1n) is 8.51. The number of hydrogen-bond donors (Lipinski definition) is 1. The van der Waals surface area contributed by atoms with Crippen LogP contribution in [0.4, 0.5) is 0 Å². The number of aromatic hydroxyl groups is 1. The lowest BCUT2D eigenvalue weighted by molar-refractivity contribution is 0.0662.